The Balaban J connectivity index is 2.19. The first-order chi connectivity index (χ1) is 16.8. The van der Waals surface area contributed by atoms with Crippen LogP contribution in [0, 0.1) is 0 Å². The van der Waals surface area contributed by atoms with Crippen molar-refractivity contribution < 1.29 is 22.7 Å². The van der Waals surface area contributed by atoms with Crippen molar-refractivity contribution in [2.24, 2.45) is 0 Å². The van der Waals surface area contributed by atoms with E-state index in [-0.39, 0.29) is 48.8 Å². The van der Waals surface area contributed by atoms with Gasteiger partial charge in [-0.25, -0.2) is 8.42 Å². The fourth-order valence-corrected chi connectivity index (χ4v) is 5.06. The summed E-state index contributed by atoms with van der Waals surface area (Å²) >= 11 is 12.3. The number of halogens is 2. The Morgan fingerprint density at radius 2 is 1.78 bits per heavy atom. The van der Waals surface area contributed by atoms with Gasteiger partial charge in [-0.05, 0) is 63.1 Å². The zero-order valence-corrected chi connectivity index (χ0v) is 23.5. The number of hydrogen-bond donors (Lipinski definition) is 1. The normalized spacial score (nSPS) is 12.2. The number of hydrogen-bond acceptors (Lipinski definition) is 5. The van der Waals surface area contributed by atoms with Gasteiger partial charge in [-0.3, -0.25) is 13.9 Å². The van der Waals surface area contributed by atoms with Crippen molar-refractivity contribution in [3.8, 4) is 5.75 Å². The summed E-state index contributed by atoms with van der Waals surface area (Å²) in [4.78, 5) is 27.5. The Morgan fingerprint density at radius 3 is 2.33 bits per heavy atom. The Bertz CT molecular complexity index is 1170. The van der Waals surface area contributed by atoms with Crippen LogP contribution < -0.4 is 14.4 Å². The first-order valence-electron chi connectivity index (χ1n) is 11.5. The summed E-state index contributed by atoms with van der Waals surface area (Å²) in [5, 5.41) is 3.64. The van der Waals surface area contributed by atoms with Crippen molar-refractivity contribution in [3.05, 3.63) is 58.1 Å². The standard InChI is InChI=1S/C25H33Cl2N3O5S/c1-17(2)28-25(32)18(3)29(16-19-8-6-9-20(26)14-19)24(31)10-7-13-30(36(5,33)34)21-11-12-23(35-4)22(27)15-21/h6,8-9,11-12,14-15,17-18H,7,10,13,16H2,1-5H3,(H,28,32)/t18-/m1/s1. The second-order valence-corrected chi connectivity index (χ2v) is 11.5. The molecule has 1 N–H and O–H groups in total. The van der Waals surface area contributed by atoms with Gasteiger partial charge in [0.2, 0.25) is 21.8 Å². The third-order valence-corrected chi connectivity index (χ3v) is 7.14. The molecule has 0 aliphatic carbocycles. The summed E-state index contributed by atoms with van der Waals surface area (Å²) in [7, 11) is -2.17. The lowest BCUT2D eigenvalue weighted by molar-refractivity contribution is -0.140. The Kier molecular flexibility index (Phi) is 10.9. The van der Waals surface area contributed by atoms with Crippen LogP contribution in [0.1, 0.15) is 39.2 Å². The highest BCUT2D eigenvalue weighted by Crippen LogP contribution is 2.30. The number of carbonyl (C=O) groups is 2. The summed E-state index contributed by atoms with van der Waals surface area (Å²) in [6.45, 7) is 5.61. The molecule has 0 aromatic heterocycles. The molecule has 0 bridgehead atoms. The fraction of sp³-hybridized carbons (Fsp3) is 0.440. The maximum atomic E-state index is 13.3. The number of rotatable bonds is 12. The van der Waals surface area contributed by atoms with Crippen molar-refractivity contribution in [1.29, 1.82) is 0 Å². The minimum absolute atomic E-state index is 0.0375. The second kappa shape index (κ2) is 13.2. The van der Waals surface area contributed by atoms with Gasteiger partial charge >= 0.3 is 0 Å². The number of benzene rings is 2. The number of sulfonamides is 1. The van der Waals surface area contributed by atoms with Gasteiger partial charge in [-0.1, -0.05) is 35.3 Å². The molecule has 2 amide bonds. The molecule has 2 aromatic rings. The van der Waals surface area contributed by atoms with E-state index in [1.54, 1.807) is 37.3 Å². The van der Waals surface area contributed by atoms with Crippen LogP contribution in [-0.2, 0) is 26.2 Å². The molecule has 11 heteroatoms. The number of anilines is 1. The zero-order valence-electron chi connectivity index (χ0n) is 21.1. The zero-order chi connectivity index (χ0) is 27.0. The van der Waals surface area contributed by atoms with Crippen LogP contribution in [0.25, 0.3) is 0 Å². The van der Waals surface area contributed by atoms with Crippen LogP contribution >= 0.6 is 23.2 Å². The summed E-state index contributed by atoms with van der Waals surface area (Å²) in [5.74, 6) is -0.122. The molecule has 0 unspecified atom stereocenters. The quantitative estimate of drug-likeness (QED) is 0.414. The number of ether oxygens (including phenoxy) is 1. The minimum Gasteiger partial charge on any atom is -0.495 e. The predicted octanol–water partition coefficient (Wildman–Crippen LogP) is 4.49. The van der Waals surface area contributed by atoms with E-state index in [2.05, 4.69) is 5.32 Å². The molecule has 36 heavy (non-hydrogen) atoms. The first kappa shape index (κ1) is 29.7. The molecular formula is C25H33Cl2N3O5S. The maximum Gasteiger partial charge on any atom is 0.242 e. The monoisotopic (exact) mass is 557 g/mol. The average molecular weight is 559 g/mol. The van der Waals surface area contributed by atoms with E-state index in [1.807, 2.05) is 19.9 Å². The Morgan fingerprint density at radius 1 is 1.08 bits per heavy atom. The number of amides is 2. The van der Waals surface area contributed by atoms with Gasteiger partial charge in [0.05, 0.1) is 24.1 Å². The molecule has 2 rings (SSSR count). The summed E-state index contributed by atoms with van der Waals surface area (Å²) in [6.07, 6.45) is 1.37. The van der Waals surface area contributed by atoms with E-state index in [4.69, 9.17) is 27.9 Å². The Labute approximate surface area is 223 Å². The lowest BCUT2D eigenvalue weighted by Gasteiger charge is -2.30. The van der Waals surface area contributed by atoms with E-state index in [1.165, 1.54) is 22.4 Å². The largest absolute Gasteiger partial charge is 0.495 e. The SMILES string of the molecule is COc1ccc(N(CCCC(=O)N(Cc2cccc(Cl)c2)[C@H](C)C(=O)NC(C)C)S(C)(=O)=O)cc1Cl. The smallest absolute Gasteiger partial charge is 0.242 e. The van der Waals surface area contributed by atoms with Crippen molar-refractivity contribution in [1.82, 2.24) is 10.2 Å². The van der Waals surface area contributed by atoms with E-state index < -0.39 is 16.1 Å². The van der Waals surface area contributed by atoms with Crippen molar-refractivity contribution in [2.45, 2.75) is 52.2 Å². The van der Waals surface area contributed by atoms with Crippen molar-refractivity contribution in [3.63, 3.8) is 0 Å². The molecule has 0 aliphatic heterocycles. The molecule has 2 aromatic carbocycles. The molecule has 0 spiro atoms. The summed E-state index contributed by atoms with van der Waals surface area (Å²) in [5.41, 5.74) is 1.15. The van der Waals surface area contributed by atoms with Crippen LogP contribution in [0.5, 0.6) is 5.75 Å². The highest BCUT2D eigenvalue weighted by Gasteiger charge is 2.27. The molecule has 0 aliphatic rings. The number of nitrogens with one attached hydrogen (secondary N) is 1. The van der Waals surface area contributed by atoms with Crippen LogP contribution in [0.2, 0.25) is 10.0 Å². The molecule has 0 heterocycles. The van der Waals surface area contributed by atoms with Gasteiger partial charge in [0.1, 0.15) is 11.8 Å². The lowest BCUT2D eigenvalue weighted by Crippen LogP contribution is -2.49. The van der Waals surface area contributed by atoms with E-state index in [9.17, 15) is 18.0 Å². The molecule has 0 saturated heterocycles. The maximum absolute atomic E-state index is 13.3. The van der Waals surface area contributed by atoms with Crippen LogP contribution in [0.4, 0.5) is 5.69 Å². The summed E-state index contributed by atoms with van der Waals surface area (Å²) < 4.78 is 31.3. The second-order valence-electron chi connectivity index (χ2n) is 8.75. The molecule has 0 saturated carbocycles. The number of carbonyl (C=O) groups excluding carboxylic acids is 2. The van der Waals surface area contributed by atoms with E-state index >= 15 is 0 Å². The molecule has 0 radical (unpaired) electrons. The highest BCUT2D eigenvalue weighted by atomic mass is 35.5. The third kappa shape index (κ3) is 8.57. The van der Waals surface area contributed by atoms with Crippen molar-refractivity contribution in [2.75, 3.05) is 24.2 Å². The number of methoxy groups -OCH3 is 1. The average Bonchev–Trinajstić information content (AvgIpc) is 2.78. The molecule has 0 fully saturated rings. The van der Waals surface area contributed by atoms with Gasteiger partial charge in [0, 0.05) is 30.6 Å². The van der Waals surface area contributed by atoms with Gasteiger partial charge in [-0.2, -0.15) is 0 Å². The molecular weight excluding hydrogens is 525 g/mol. The Hall–Kier alpha value is -2.49. The van der Waals surface area contributed by atoms with E-state index in [0.717, 1.165) is 11.8 Å². The van der Waals surface area contributed by atoms with Gasteiger partial charge in [0.25, 0.3) is 0 Å². The van der Waals surface area contributed by atoms with Crippen molar-refractivity contribution >= 4 is 50.7 Å². The third-order valence-electron chi connectivity index (χ3n) is 5.42. The highest BCUT2D eigenvalue weighted by molar-refractivity contribution is 7.92. The van der Waals surface area contributed by atoms with E-state index in [0.29, 0.717) is 16.5 Å². The molecule has 198 valence electrons. The first-order valence-corrected chi connectivity index (χ1v) is 14.1. The van der Waals surface area contributed by atoms with Crippen LogP contribution in [-0.4, -0.2) is 57.1 Å². The van der Waals surface area contributed by atoms with Crippen LogP contribution in [0.15, 0.2) is 42.5 Å². The topological polar surface area (TPSA) is 96.0 Å². The molecule has 1 atom stereocenters. The lowest BCUT2D eigenvalue weighted by atomic mass is 10.1. The predicted molar refractivity (Wildman–Crippen MR) is 144 cm³/mol. The van der Waals surface area contributed by atoms with Gasteiger partial charge in [0.15, 0.2) is 0 Å². The van der Waals surface area contributed by atoms with Gasteiger partial charge in [-0.15, -0.1) is 0 Å². The van der Waals surface area contributed by atoms with Crippen LogP contribution in [0.3, 0.4) is 0 Å². The number of nitrogens with zero attached hydrogens (tertiary/aromatic N) is 2. The fourth-order valence-electron chi connectivity index (χ4n) is 3.63. The molecule has 8 nitrogen and oxygen atoms in total. The summed E-state index contributed by atoms with van der Waals surface area (Å²) in [6, 6.07) is 11.0. The van der Waals surface area contributed by atoms with Gasteiger partial charge < -0.3 is 15.0 Å². The minimum atomic E-state index is -3.64.